The van der Waals surface area contributed by atoms with Gasteiger partial charge in [0.25, 0.3) is 0 Å². The number of rotatable bonds is 3. The van der Waals surface area contributed by atoms with Crippen molar-refractivity contribution in [3.8, 4) is 34.5 Å². The summed E-state index contributed by atoms with van der Waals surface area (Å²) in [5, 5.41) is 57.9. The van der Waals surface area contributed by atoms with Crippen LogP contribution in [0.4, 0.5) is 0 Å². The van der Waals surface area contributed by atoms with Crippen LogP contribution in [-0.4, -0.2) is 36.4 Å². The molecule has 2 rings (SSSR count). The normalized spacial score (nSPS) is 12.0. The van der Waals surface area contributed by atoms with Crippen molar-refractivity contribution in [2.45, 2.75) is 12.8 Å². The number of carbonyl (C=O) groups is 1. The molecule has 0 aromatic heterocycles. The first kappa shape index (κ1) is 15.3. The van der Waals surface area contributed by atoms with Gasteiger partial charge in [0.1, 0.15) is 23.0 Å². The number of hydrogen-bond acceptors (Lipinski definition) is 7. The first-order chi connectivity index (χ1) is 10.2. The molecule has 6 N–H and O–H groups in total. The van der Waals surface area contributed by atoms with E-state index in [0.29, 0.717) is 0 Å². The van der Waals surface area contributed by atoms with Gasteiger partial charge >= 0.3 is 0 Å². The Morgan fingerprint density at radius 1 is 0.864 bits per heavy atom. The highest BCUT2D eigenvalue weighted by Crippen LogP contribution is 2.47. The molecule has 0 saturated carbocycles. The van der Waals surface area contributed by atoms with Crippen molar-refractivity contribution in [2.24, 2.45) is 0 Å². The Hall–Kier alpha value is -3.09. The minimum absolute atomic E-state index is 0.112. The van der Waals surface area contributed by atoms with Gasteiger partial charge in [0.15, 0.2) is 11.5 Å². The van der Waals surface area contributed by atoms with Crippen molar-refractivity contribution in [3.63, 3.8) is 0 Å². The summed E-state index contributed by atoms with van der Waals surface area (Å²) < 4.78 is 0. The Balaban J connectivity index is 2.73. The minimum atomic E-state index is -1.30. The summed E-state index contributed by atoms with van der Waals surface area (Å²) >= 11 is 0. The number of carbonyl (C=O) groups excluding carboxylic acids is 1. The summed E-state index contributed by atoms with van der Waals surface area (Å²) in [6.45, 7) is 1.17. The molecule has 116 valence electrons. The highest BCUT2D eigenvalue weighted by atomic mass is 16.3. The third-order valence-corrected chi connectivity index (χ3v) is 3.29. The number of phenolic OH excluding ortho intramolecular Hbond substituents is 6. The molecule has 0 spiro atoms. The van der Waals surface area contributed by atoms with E-state index in [1.165, 1.54) is 13.0 Å². The summed E-state index contributed by atoms with van der Waals surface area (Å²) in [6.07, 6.45) is 0. The van der Waals surface area contributed by atoms with E-state index in [9.17, 15) is 35.4 Å². The number of benzene rings is 2. The van der Waals surface area contributed by atoms with Gasteiger partial charge in [0, 0.05) is 17.7 Å². The molecule has 2 aromatic carbocycles. The minimum Gasteiger partial charge on any atom is -0.508 e. The summed E-state index contributed by atoms with van der Waals surface area (Å²) in [6, 6.07) is 4.11. The maximum absolute atomic E-state index is 11.9. The Kier molecular flexibility index (Phi) is 3.73. The zero-order valence-corrected chi connectivity index (χ0v) is 11.5. The van der Waals surface area contributed by atoms with E-state index in [2.05, 4.69) is 0 Å². The van der Waals surface area contributed by atoms with Gasteiger partial charge in [0.05, 0.1) is 11.5 Å². The van der Waals surface area contributed by atoms with Crippen molar-refractivity contribution in [1.82, 2.24) is 0 Å². The average molecular weight is 306 g/mol. The Bertz CT molecular complexity index is 729. The molecule has 1 unspecified atom stereocenters. The van der Waals surface area contributed by atoms with E-state index in [1.54, 1.807) is 0 Å². The quantitative estimate of drug-likeness (QED) is 0.474. The lowest BCUT2D eigenvalue weighted by molar-refractivity contribution is -0.117. The Morgan fingerprint density at radius 3 is 1.91 bits per heavy atom. The molecule has 0 aliphatic rings. The second-order valence-electron chi connectivity index (χ2n) is 4.81. The van der Waals surface area contributed by atoms with Crippen LogP contribution in [0, 0.1) is 0 Å². The van der Waals surface area contributed by atoms with E-state index in [0.717, 1.165) is 18.2 Å². The van der Waals surface area contributed by atoms with Crippen molar-refractivity contribution in [3.05, 3.63) is 35.4 Å². The molecular weight excluding hydrogens is 292 g/mol. The van der Waals surface area contributed by atoms with Crippen LogP contribution in [0.1, 0.15) is 24.0 Å². The van der Waals surface area contributed by atoms with Gasteiger partial charge in [-0.25, -0.2) is 0 Å². The zero-order valence-electron chi connectivity index (χ0n) is 11.5. The van der Waals surface area contributed by atoms with Gasteiger partial charge in [-0.2, -0.15) is 0 Å². The van der Waals surface area contributed by atoms with Gasteiger partial charge in [-0.1, -0.05) is 6.07 Å². The molecule has 0 aliphatic heterocycles. The fourth-order valence-electron chi connectivity index (χ4n) is 2.30. The van der Waals surface area contributed by atoms with E-state index in [4.69, 9.17) is 0 Å². The Morgan fingerprint density at radius 2 is 1.41 bits per heavy atom. The highest BCUT2D eigenvalue weighted by Gasteiger charge is 2.30. The van der Waals surface area contributed by atoms with Crippen LogP contribution in [0.15, 0.2) is 24.3 Å². The molecule has 0 heterocycles. The van der Waals surface area contributed by atoms with Crippen LogP contribution >= 0.6 is 0 Å². The van der Waals surface area contributed by atoms with Crippen LogP contribution in [0.3, 0.4) is 0 Å². The second-order valence-corrected chi connectivity index (χ2v) is 4.81. The van der Waals surface area contributed by atoms with Crippen LogP contribution in [-0.2, 0) is 4.79 Å². The topological polar surface area (TPSA) is 138 Å². The summed E-state index contributed by atoms with van der Waals surface area (Å²) in [7, 11) is 0. The number of aromatic hydroxyl groups is 6. The number of phenols is 6. The van der Waals surface area contributed by atoms with Gasteiger partial charge < -0.3 is 30.6 Å². The molecule has 0 radical (unpaired) electrons. The molecule has 7 heteroatoms. The molecule has 2 aromatic rings. The van der Waals surface area contributed by atoms with Crippen molar-refractivity contribution in [2.75, 3.05) is 0 Å². The Labute approximate surface area is 125 Å². The third kappa shape index (κ3) is 2.44. The third-order valence-electron chi connectivity index (χ3n) is 3.29. The lowest BCUT2D eigenvalue weighted by Gasteiger charge is -2.19. The van der Waals surface area contributed by atoms with Crippen molar-refractivity contribution >= 4 is 5.78 Å². The average Bonchev–Trinajstić information content (AvgIpc) is 2.41. The summed E-state index contributed by atoms with van der Waals surface area (Å²) in [4.78, 5) is 11.9. The van der Waals surface area contributed by atoms with Crippen LogP contribution < -0.4 is 0 Å². The molecule has 0 saturated heterocycles. The monoisotopic (exact) mass is 306 g/mol. The number of hydrogen-bond donors (Lipinski definition) is 6. The predicted molar refractivity (Wildman–Crippen MR) is 75.4 cm³/mol. The summed E-state index contributed by atoms with van der Waals surface area (Å²) in [5.74, 6) is -5.49. The lowest BCUT2D eigenvalue weighted by atomic mass is 9.86. The predicted octanol–water partition coefficient (Wildman–Crippen LogP) is 1.64. The molecule has 0 fully saturated rings. The van der Waals surface area contributed by atoms with Crippen LogP contribution in [0.5, 0.6) is 34.5 Å². The highest BCUT2D eigenvalue weighted by molar-refractivity contribution is 5.90. The fourth-order valence-corrected chi connectivity index (χ4v) is 2.30. The van der Waals surface area contributed by atoms with E-state index < -0.39 is 46.2 Å². The van der Waals surface area contributed by atoms with Gasteiger partial charge in [0.2, 0.25) is 5.75 Å². The van der Waals surface area contributed by atoms with Crippen molar-refractivity contribution in [1.29, 1.82) is 0 Å². The maximum atomic E-state index is 11.9. The fraction of sp³-hybridized carbons (Fsp3) is 0.133. The summed E-state index contributed by atoms with van der Waals surface area (Å²) in [5.41, 5.74) is -0.343. The first-order valence-electron chi connectivity index (χ1n) is 6.23. The number of Topliss-reactive ketones (excluding diaryl/α,β-unsaturated/α-hetero) is 1. The van der Waals surface area contributed by atoms with Crippen LogP contribution in [0.2, 0.25) is 0 Å². The molecule has 1 atom stereocenters. The molecule has 0 amide bonds. The number of ketones is 1. The molecule has 22 heavy (non-hydrogen) atoms. The zero-order chi connectivity index (χ0) is 16.6. The van der Waals surface area contributed by atoms with Crippen LogP contribution in [0.25, 0.3) is 0 Å². The smallest absolute Gasteiger partial charge is 0.200 e. The van der Waals surface area contributed by atoms with Gasteiger partial charge in [-0.15, -0.1) is 0 Å². The lowest BCUT2D eigenvalue weighted by Crippen LogP contribution is -2.11. The molecular formula is C15H14O7. The second kappa shape index (κ2) is 5.36. The standard InChI is InChI=1S/C15H14O7/c1-6(16)12(8-2-3-9(18)15(22)14(8)21)13-10(19)4-7(17)5-11(13)20/h2-5,12,17-22H,1H3. The maximum Gasteiger partial charge on any atom is 0.200 e. The van der Waals surface area contributed by atoms with Gasteiger partial charge in [-0.05, 0) is 13.0 Å². The largest absolute Gasteiger partial charge is 0.508 e. The van der Waals surface area contributed by atoms with Gasteiger partial charge in [-0.3, -0.25) is 4.79 Å². The molecule has 0 bridgehead atoms. The SMILES string of the molecule is CC(=O)C(c1ccc(O)c(O)c1O)c1c(O)cc(O)cc1O. The van der Waals surface area contributed by atoms with E-state index in [-0.39, 0.29) is 11.1 Å². The van der Waals surface area contributed by atoms with E-state index >= 15 is 0 Å². The molecule has 7 nitrogen and oxygen atoms in total. The van der Waals surface area contributed by atoms with Crippen molar-refractivity contribution < 1.29 is 35.4 Å². The first-order valence-corrected chi connectivity index (χ1v) is 6.23. The van der Waals surface area contributed by atoms with E-state index in [1.807, 2.05) is 0 Å². The molecule has 0 aliphatic carbocycles.